The van der Waals surface area contributed by atoms with E-state index in [2.05, 4.69) is 23.8 Å². The zero-order valence-corrected chi connectivity index (χ0v) is 22.4. The van der Waals surface area contributed by atoms with Gasteiger partial charge in [0.25, 0.3) is 0 Å². The number of anilines is 2. The molecule has 4 aromatic carbocycles. The summed E-state index contributed by atoms with van der Waals surface area (Å²) in [5.74, 6) is 1.44. The molecule has 8 heteroatoms. The molecule has 0 unspecified atom stereocenters. The average molecular weight is 539 g/mol. The van der Waals surface area contributed by atoms with Crippen LogP contribution in [0.2, 0.25) is 0 Å². The van der Waals surface area contributed by atoms with Crippen LogP contribution in [0, 0.1) is 0 Å². The molecule has 0 aliphatic carbocycles. The van der Waals surface area contributed by atoms with Crippen LogP contribution in [-0.4, -0.2) is 26.4 Å². The topological polar surface area (TPSA) is 95.1 Å². The van der Waals surface area contributed by atoms with Gasteiger partial charge in [0.15, 0.2) is 23.0 Å². The van der Waals surface area contributed by atoms with Crippen LogP contribution < -0.4 is 29.6 Å². The molecule has 4 aromatic rings. The Morgan fingerprint density at radius 1 is 0.650 bits per heavy atom. The van der Waals surface area contributed by atoms with Gasteiger partial charge in [0.2, 0.25) is 0 Å². The quantitative estimate of drug-likeness (QED) is 0.203. The molecule has 0 radical (unpaired) electrons. The van der Waals surface area contributed by atoms with Crippen LogP contribution >= 0.6 is 0 Å². The van der Waals surface area contributed by atoms with Crippen molar-refractivity contribution < 1.29 is 28.5 Å². The summed E-state index contributed by atoms with van der Waals surface area (Å²) in [7, 11) is 3.02. The van der Waals surface area contributed by atoms with Gasteiger partial charge in [-0.25, -0.2) is 9.59 Å². The second kappa shape index (κ2) is 13.0. The molecular formula is C32H30N2O6. The molecule has 204 valence electrons. The number of ether oxygens (including phenoxy) is 4. The summed E-state index contributed by atoms with van der Waals surface area (Å²) in [6.45, 7) is 7.47. The van der Waals surface area contributed by atoms with E-state index in [9.17, 15) is 9.59 Å². The van der Waals surface area contributed by atoms with Crippen molar-refractivity contribution in [3.63, 3.8) is 0 Å². The van der Waals surface area contributed by atoms with Crippen LogP contribution in [-0.2, 0) is 12.8 Å². The van der Waals surface area contributed by atoms with E-state index < -0.39 is 12.2 Å². The number of hydrogen-bond donors (Lipinski definition) is 2. The van der Waals surface area contributed by atoms with E-state index in [1.54, 1.807) is 60.7 Å². The molecule has 0 atom stereocenters. The molecule has 0 saturated heterocycles. The van der Waals surface area contributed by atoms with Gasteiger partial charge in [0, 0.05) is 10.8 Å². The molecule has 0 aliphatic rings. The Balaban J connectivity index is 1.50. The average Bonchev–Trinajstić information content (AvgIpc) is 2.95. The van der Waals surface area contributed by atoms with Gasteiger partial charge in [-0.1, -0.05) is 48.6 Å². The van der Waals surface area contributed by atoms with Gasteiger partial charge < -0.3 is 18.9 Å². The maximum Gasteiger partial charge on any atom is 0.417 e. The Kier molecular flexibility index (Phi) is 9.04. The van der Waals surface area contributed by atoms with Crippen LogP contribution in [0.1, 0.15) is 11.1 Å². The van der Waals surface area contributed by atoms with Gasteiger partial charge in [-0.15, -0.1) is 13.2 Å². The lowest BCUT2D eigenvalue weighted by Gasteiger charge is -2.14. The molecule has 2 amide bonds. The first kappa shape index (κ1) is 27.8. The summed E-state index contributed by atoms with van der Waals surface area (Å²) >= 11 is 0. The Hall–Kier alpha value is -5.24. The molecule has 0 spiro atoms. The number of fused-ring (bicyclic) bond motifs is 1. The van der Waals surface area contributed by atoms with Crippen molar-refractivity contribution in [1.29, 1.82) is 0 Å². The zero-order chi connectivity index (χ0) is 28.5. The van der Waals surface area contributed by atoms with Gasteiger partial charge in [-0.05, 0) is 60.4 Å². The number of hydrogen-bond acceptors (Lipinski definition) is 6. The molecule has 2 N–H and O–H groups in total. The lowest BCUT2D eigenvalue weighted by Crippen LogP contribution is -2.18. The fourth-order valence-electron chi connectivity index (χ4n) is 4.18. The van der Waals surface area contributed by atoms with Gasteiger partial charge >= 0.3 is 12.2 Å². The molecule has 0 aromatic heterocycles. The third-order valence-electron chi connectivity index (χ3n) is 6.02. The fourth-order valence-corrected chi connectivity index (χ4v) is 4.18. The van der Waals surface area contributed by atoms with E-state index in [0.29, 0.717) is 46.5 Å². The second-order valence-corrected chi connectivity index (χ2v) is 8.69. The molecule has 0 heterocycles. The first-order valence-corrected chi connectivity index (χ1v) is 12.5. The fraction of sp³-hybridized carbons (Fsp3) is 0.125. The summed E-state index contributed by atoms with van der Waals surface area (Å²) in [6, 6.07) is 21.3. The van der Waals surface area contributed by atoms with E-state index in [-0.39, 0.29) is 11.5 Å². The molecule has 0 bridgehead atoms. The Labute approximate surface area is 232 Å². The predicted octanol–water partition coefficient (Wildman–Crippen LogP) is 7.54. The van der Waals surface area contributed by atoms with E-state index in [0.717, 1.165) is 11.1 Å². The summed E-state index contributed by atoms with van der Waals surface area (Å²) < 4.78 is 21.8. The zero-order valence-electron chi connectivity index (χ0n) is 22.4. The minimum absolute atomic E-state index is 0.283. The highest BCUT2D eigenvalue weighted by molar-refractivity contribution is 6.07. The number of amides is 2. The van der Waals surface area contributed by atoms with Gasteiger partial charge in [-0.2, -0.15) is 0 Å². The van der Waals surface area contributed by atoms with Crippen molar-refractivity contribution in [1.82, 2.24) is 0 Å². The summed E-state index contributed by atoms with van der Waals surface area (Å²) in [5, 5.41) is 6.93. The van der Waals surface area contributed by atoms with Gasteiger partial charge in [-0.3, -0.25) is 10.6 Å². The van der Waals surface area contributed by atoms with Crippen molar-refractivity contribution in [2.45, 2.75) is 12.8 Å². The van der Waals surface area contributed by atoms with Crippen molar-refractivity contribution in [2.24, 2.45) is 0 Å². The Morgan fingerprint density at radius 3 is 1.45 bits per heavy atom. The second-order valence-electron chi connectivity index (χ2n) is 8.69. The minimum atomic E-state index is -0.688. The number of rotatable bonds is 10. The number of carbonyl (C=O) groups is 2. The first-order chi connectivity index (χ1) is 19.4. The maximum atomic E-state index is 12.8. The van der Waals surface area contributed by atoms with E-state index in [1.165, 1.54) is 14.2 Å². The largest absolute Gasteiger partial charge is 0.493 e. The summed E-state index contributed by atoms with van der Waals surface area (Å²) in [4.78, 5) is 25.6. The normalized spacial score (nSPS) is 10.3. The lowest BCUT2D eigenvalue weighted by atomic mass is 10.1. The molecule has 0 saturated carbocycles. The standard InChI is InChI=1S/C32H30N2O6/c1-5-9-21-15-17-27(29(19-21)37-3)39-31(35)33-25-13-7-12-24-23(25)11-8-14-26(24)34-32(36)40-28-18-16-22(10-6-2)20-30(28)38-4/h5-8,11-20H,1-2,9-10H2,3-4H3,(H,33,35)(H,34,36). The minimum Gasteiger partial charge on any atom is -0.493 e. The number of carbonyl (C=O) groups excluding carboxylic acids is 2. The highest BCUT2D eigenvalue weighted by Gasteiger charge is 2.15. The molecule has 4 rings (SSSR count). The molecular weight excluding hydrogens is 508 g/mol. The van der Waals surface area contributed by atoms with Crippen LogP contribution in [0.25, 0.3) is 10.8 Å². The van der Waals surface area contributed by atoms with Crippen molar-refractivity contribution >= 4 is 34.3 Å². The third-order valence-corrected chi connectivity index (χ3v) is 6.02. The summed E-state index contributed by atoms with van der Waals surface area (Å²) in [5.41, 5.74) is 2.97. The Morgan fingerprint density at radius 2 is 1.07 bits per heavy atom. The molecule has 40 heavy (non-hydrogen) atoms. The molecule has 0 fully saturated rings. The highest BCUT2D eigenvalue weighted by Crippen LogP contribution is 2.33. The number of nitrogens with one attached hydrogen (secondary N) is 2. The maximum absolute atomic E-state index is 12.8. The smallest absolute Gasteiger partial charge is 0.417 e. The van der Waals surface area contributed by atoms with Crippen molar-refractivity contribution in [3.8, 4) is 23.0 Å². The van der Waals surface area contributed by atoms with Crippen molar-refractivity contribution in [2.75, 3.05) is 24.9 Å². The number of benzene rings is 4. The van der Waals surface area contributed by atoms with Crippen LogP contribution in [0.5, 0.6) is 23.0 Å². The van der Waals surface area contributed by atoms with E-state index in [4.69, 9.17) is 18.9 Å². The van der Waals surface area contributed by atoms with Crippen LogP contribution in [0.15, 0.2) is 98.1 Å². The van der Waals surface area contributed by atoms with Gasteiger partial charge in [0.1, 0.15) is 0 Å². The predicted molar refractivity (Wildman–Crippen MR) is 157 cm³/mol. The molecule has 0 aliphatic heterocycles. The lowest BCUT2D eigenvalue weighted by molar-refractivity contribution is 0.212. The monoisotopic (exact) mass is 538 g/mol. The third kappa shape index (κ3) is 6.60. The first-order valence-electron chi connectivity index (χ1n) is 12.5. The summed E-state index contributed by atoms with van der Waals surface area (Å²) in [6.07, 6.45) is 3.52. The number of allylic oxidation sites excluding steroid dienone is 2. The van der Waals surface area contributed by atoms with E-state index in [1.807, 2.05) is 24.3 Å². The highest BCUT2D eigenvalue weighted by atomic mass is 16.6. The van der Waals surface area contributed by atoms with Crippen LogP contribution in [0.3, 0.4) is 0 Å². The number of methoxy groups -OCH3 is 2. The molecule has 8 nitrogen and oxygen atoms in total. The van der Waals surface area contributed by atoms with Crippen LogP contribution in [0.4, 0.5) is 21.0 Å². The SMILES string of the molecule is C=CCc1ccc(OC(=O)Nc2cccc3c(NC(=O)Oc4ccc(CC=C)cc4OC)cccc23)c(OC)c1. The van der Waals surface area contributed by atoms with E-state index >= 15 is 0 Å². The Bertz CT molecular complexity index is 1450. The van der Waals surface area contributed by atoms with Gasteiger partial charge in [0.05, 0.1) is 25.6 Å². The van der Waals surface area contributed by atoms with Crippen molar-refractivity contribution in [3.05, 3.63) is 109 Å².